The topological polar surface area (TPSA) is 105 Å². The molecular weight excluding hydrogens is 494 g/mol. The van der Waals surface area contributed by atoms with Gasteiger partial charge in [-0.05, 0) is 61.4 Å². The van der Waals surface area contributed by atoms with Crippen LogP contribution in [0.3, 0.4) is 0 Å². The Morgan fingerprint density at radius 1 is 1.00 bits per heavy atom. The Labute approximate surface area is 215 Å². The maximum Gasteiger partial charge on any atom is 0.264 e. The molecule has 0 radical (unpaired) electrons. The van der Waals surface area contributed by atoms with E-state index in [1.54, 1.807) is 59.5 Å². The highest BCUT2D eigenvalue weighted by atomic mass is 32.2. The summed E-state index contributed by atoms with van der Waals surface area (Å²) >= 11 is 0. The molecule has 2 aliphatic heterocycles. The smallest absolute Gasteiger partial charge is 0.264 e. The molecule has 3 aromatic rings. The Morgan fingerprint density at radius 3 is 2.46 bits per heavy atom. The molecule has 0 unspecified atom stereocenters. The number of anilines is 3. The predicted octanol–water partition coefficient (Wildman–Crippen LogP) is 3.73. The van der Waals surface area contributed by atoms with E-state index in [0.29, 0.717) is 43.4 Å². The van der Waals surface area contributed by atoms with E-state index >= 15 is 0 Å². The van der Waals surface area contributed by atoms with Crippen molar-refractivity contribution in [1.29, 1.82) is 0 Å². The van der Waals surface area contributed by atoms with Crippen molar-refractivity contribution in [2.45, 2.75) is 24.7 Å². The first kappa shape index (κ1) is 24.6. The molecule has 1 N–H and O–H groups in total. The lowest BCUT2D eigenvalue weighted by Gasteiger charge is -2.26. The van der Waals surface area contributed by atoms with Crippen molar-refractivity contribution in [2.24, 2.45) is 0 Å². The standard InChI is InChI=1S/C27H27N3O6S/c1-19-16-20(9-11-23(19)29-13-5-8-27(29)32)28-26(31)18-30(37(33,34)22-6-3-2-4-7-22)21-10-12-24-25(17-21)36-15-14-35-24/h2-4,6-7,9-12,16-17H,5,8,13-15,18H2,1H3,(H,28,31). The summed E-state index contributed by atoms with van der Waals surface area (Å²) in [6.45, 7) is 2.85. The summed E-state index contributed by atoms with van der Waals surface area (Å²) in [5.41, 5.74) is 2.44. The lowest BCUT2D eigenvalue weighted by atomic mass is 10.1. The fraction of sp³-hybridized carbons (Fsp3) is 0.259. The molecule has 0 aromatic heterocycles. The molecule has 0 saturated carbocycles. The van der Waals surface area contributed by atoms with E-state index in [1.165, 1.54) is 12.1 Å². The lowest BCUT2D eigenvalue weighted by Crippen LogP contribution is -2.38. The molecule has 2 aliphatic rings. The van der Waals surface area contributed by atoms with Gasteiger partial charge in [0.25, 0.3) is 10.0 Å². The maximum absolute atomic E-state index is 13.6. The summed E-state index contributed by atoms with van der Waals surface area (Å²) in [5.74, 6) is 0.503. The van der Waals surface area contributed by atoms with Crippen molar-refractivity contribution in [3.05, 3.63) is 72.3 Å². The van der Waals surface area contributed by atoms with E-state index in [-0.39, 0.29) is 16.5 Å². The molecule has 1 saturated heterocycles. The molecule has 9 nitrogen and oxygen atoms in total. The number of nitrogens with one attached hydrogen (secondary N) is 1. The van der Waals surface area contributed by atoms with Crippen molar-refractivity contribution < 1.29 is 27.5 Å². The van der Waals surface area contributed by atoms with Gasteiger partial charge >= 0.3 is 0 Å². The summed E-state index contributed by atoms with van der Waals surface area (Å²) in [7, 11) is -4.07. The first-order chi connectivity index (χ1) is 17.8. The minimum atomic E-state index is -4.07. The van der Waals surface area contributed by atoms with Crippen LogP contribution in [-0.4, -0.2) is 46.5 Å². The number of amides is 2. The van der Waals surface area contributed by atoms with Crippen molar-refractivity contribution in [3.63, 3.8) is 0 Å². The van der Waals surface area contributed by atoms with Crippen LogP contribution in [0.25, 0.3) is 0 Å². The number of carbonyl (C=O) groups excluding carboxylic acids is 2. The van der Waals surface area contributed by atoms with Crippen LogP contribution in [0.2, 0.25) is 0 Å². The Morgan fingerprint density at radius 2 is 1.76 bits per heavy atom. The van der Waals surface area contributed by atoms with Gasteiger partial charge in [-0.3, -0.25) is 13.9 Å². The predicted molar refractivity (Wildman–Crippen MR) is 140 cm³/mol. The second kappa shape index (κ2) is 10.1. The van der Waals surface area contributed by atoms with E-state index in [0.717, 1.165) is 22.0 Å². The van der Waals surface area contributed by atoms with E-state index in [9.17, 15) is 18.0 Å². The van der Waals surface area contributed by atoms with Gasteiger partial charge in [-0.2, -0.15) is 0 Å². The zero-order chi connectivity index (χ0) is 26.0. The molecule has 0 aliphatic carbocycles. The fourth-order valence-corrected chi connectivity index (χ4v) is 5.93. The number of hydrogen-bond acceptors (Lipinski definition) is 6. The van der Waals surface area contributed by atoms with Crippen LogP contribution in [0.1, 0.15) is 18.4 Å². The monoisotopic (exact) mass is 521 g/mol. The van der Waals surface area contributed by atoms with Gasteiger partial charge in [0.1, 0.15) is 19.8 Å². The van der Waals surface area contributed by atoms with Crippen LogP contribution in [0.5, 0.6) is 11.5 Å². The van der Waals surface area contributed by atoms with Gasteiger partial charge in [0.2, 0.25) is 11.8 Å². The molecule has 1 fully saturated rings. The van der Waals surface area contributed by atoms with Gasteiger partial charge < -0.3 is 19.7 Å². The van der Waals surface area contributed by atoms with Gasteiger partial charge in [-0.1, -0.05) is 18.2 Å². The Balaban J connectivity index is 1.41. The normalized spacial score (nSPS) is 14.9. The third-order valence-corrected chi connectivity index (χ3v) is 8.06. The molecule has 5 rings (SSSR count). The van der Waals surface area contributed by atoms with E-state index in [2.05, 4.69) is 5.32 Å². The molecule has 10 heteroatoms. The van der Waals surface area contributed by atoms with Gasteiger partial charge in [0.15, 0.2) is 11.5 Å². The SMILES string of the molecule is Cc1cc(NC(=O)CN(c2ccc3c(c2)OCCO3)S(=O)(=O)c2ccccc2)ccc1N1CCCC1=O. The van der Waals surface area contributed by atoms with Gasteiger partial charge in [0, 0.05) is 30.4 Å². The molecule has 0 spiro atoms. The van der Waals surface area contributed by atoms with Crippen LogP contribution >= 0.6 is 0 Å². The van der Waals surface area contributed by atoms with Crippen molar-refractivity contribution in [3.8, 4) is 11.5 Å². The fourth-order valence-electron chi connectivity index (χ4n) is 4.49. The first-order valence-electron chi connectivity index (χ1n) is 12.0. The zero-order valence-corrected chi connectivity index (χ0v) is 21.2. The van der Waals surface area contributed by atoms with Crippen molar-refractivity contribution in [1.82, 2.24) is 0 Å². The minimum Gasteiger partial charge on any atom is -0.486 e. The third-order valence-electron chi connectivity index (χ3n) is 6.28. The Kier molecular flexibility index (Phi) is 6.75. The number of hydrogen-bond donors (Lipinski definition) is 1. The van der Waals surface area contributed by atoms with Gasteiger partial charge in [-0.25, -0.2) is 8.42 Å². The zero-order valence-electron chi connectivity index (χ0n) is 20.3. The molecule has 3 aromatic carbocycles. The summed E-state index contributed by atoms with van der Waals surface area (Å²) in [6, 6.07) is 18.0. The summed E-state index contributed by atoms with van der Waals surface area (Å²) in [4.78, 5) is 27.1. The summed E-state index contributed by atoms with van der Waals surface area (Å²) < 4.78 is 39.4. The van der Waals surface area contributed by atoms with Crippen molar-refractivity contribution in [2.75, 3.05) is 40.8 Å². The molecule has 0 bridgehead atoms. The average Bonchev–Trinajstić information content (AvgIpc) is 3.33. The van der Waals surface area contributed by atoms with E-state index in [4.69, 9.17) is 9.47 Å². The van der Waals surface area contributed by atoms with Crippen LogP contribution in [0.4, 0.5) is 17.1 Å². The van der Waals surface area contributed by atoms with Crippen LogP contribution < -0.4 is 24.0 Å². The number of nitrogens with zero attached hydrogens (tertiary/aromatic N) is 2. The quantitative estimate of drug-likeness (QED) is 0.508. The number of aryl methyl sites for hydroxylation is 1. The Bertz CT molecular complexity index is 1440. The number of ether oxygens (including phenoxy) is 2. The Hall–Kier alpha value is -4.05. The van der Waals surface area contributed by atoms with Gasteiger partial charge in [-0.15, -0.1) is 0 Å². The molecule has 2 amide bonds. The molecule has 2 heterocycles. The molecule has 192 valence electrons. The first-order valence-corrected chi connectivity index (χ1v) is 13.5. The molecule has 37 heavy (non-hydrogen) atoms. The summed E-state index contributed by atoms with van der Waals surface area (Å²) in [5, 5.41) is 2.79. The van der Waals surface area contributed by atoms with Crippen LogP contribution in [-0.2, 0) is 19.6 Å². The van der Waals surface area contributed by atoms with Crippen LogP contribution in [0.15, 0.2) is 71.6 Å². The van der Waals surface area contributed by atoms with Crippen molar-refractivity contribution >= 4 is 38.9 Å². The second-order valence-electron chi connectivity index (χ2n) is 8.85. The van der Waals surface area contributed by atoms with Crippen LogP contribution in [0, 0.1) is 6.92 Å². The number of benzene rings is 3. The third kappa shape index (κ3) is 5.10. The lowest BCUT2D eigenvalue weighted by molar-refractivity contribution is -0.117. The minimum absolute atomic E-state index is 0.0631. The van der Waals surface area contributed by atoms with E-state index in [1.807, 2.05) is 6.92 Å². The average molecular weight is 522 g/mol. The van der Waals surface area contributed by atoms with Gasteiger partial charge in [0.05, 0.1) is 10.6 Å². The number of carbonyl (C=O) groups is 2. The number of sulfonamides is 1. The molecular formula is C27H27N3O6S. The second-order valence-corrected chi connectivity index (χ2v) is 10.7. The highest BCUT2D eigenvalue weighted by Crippen LogP contribution is 2.36. The number of rotatable bonds is 7. The number of fused-ring (bicyclic) bond motifs is 1. The highest BCUT2D eigenvalue weighted by Gasteiger charge is 2.29. The maximum atomic E-state index is 13.6. The largest absolute Gasteiger partial charge is 0.486 e. The van der Waals surface area contributed by atoms with E-state index < -0.39 is 22.5 Å². The highest BCUT2D eigenvalue weighted by molar-refractivity contribution is 7.92. The molecule has 0 atom stereocenters. The summed E-state index contributed by atoms with van der Waals surface area (Å²) in [6.07, 6.45) is 1.35.